The zero-order valence-electron chi connectivity index (χ0n) is 15.3. The van der Waals surface area contributed by atoms with Gasteiger partial charge in [0.15, 0.2) is 0 Å². The van der Waals surface area contributed by atoms with E-state index in [4.69, 9.17) is 4.74 Å². The van der Waals surface area contributed by atoms with Crippen LogP contribution >= 0.6 is 0 Å². The van der Waals surface area contributed by atoms with Gasteiger partial charge in [-0.3, -0.25) is 14.4 Å². The number of aryl methyl sites for hydroxylation is 1. The highest BCUT2D eigenvalue weighted by Crippen LogP contribution is 2.29. The third-order valence-electron chi connectivity index (χ3n) is 6.05. The van der Waals surface area contributed by atoms with E-state index in [1.54, 1.807) is 0 Å². The van der Waals surface area contributed by atoms with Gasteiger partial charge in [-0.1, -0.05) is 12.8 Å². The lowest BCUT2D eigenvalue weighted by Crippen LogP contribution is -2.57. The second kappa shape index (κ2) is 7.46. The molecule has 1 saturated carbocycles. The van der Waals surface area contributed by atoms with Crippen LogP contribution in [-0.2, 0) is 16.1 Å². The number of carbonyl (C=O) groups excluding carboxylic acids is 1. The van der Waals surface area contributed by atoms with Crippen LogP contribution in [0.2, 0.25) is 0 Å². The molecule has 0 N–H and O–H groups in total. The Balaban J connectivity index is 1.37. The zero-order chi connectivity index (χ0) is 17.2. The van der Waals surface area contributed by atoms with Gasteiger partial charge in [0, 0.05) is 18.8 Å². The van der Waals surface area contributed by atoms with Crippen molar-refractivity contribution in [3.63, 3.8) is 0 Å². The van der Waals surface area contributed by atoms with E-state index in [-0.39, 0.29) is 6.10 Å². The lowest BCUT2D eigenvalue weighted by molar-refractivity contribution is -0.150. The molecule has 2 saturated heterocycles. The topological polar surface area (TPSA) is 50.6 Å². The highest BCUT2D eigenvalue weighted by Gasteiger charge is 2.38. The third kappa shape index (κ3) is 3.75. The van der Waals surface area contributed by atoms with Gasteiger partial charge >= 0.3 is 0 Å². The van der Waals surface area contributed by atoms with Crippen LogP contribution in [0.1, 0.15) is 44.1 Å². The number of hydrogen-bond donors (Lipinski definition) is 0. The van der Waals surface area contributed by atoms with Gasteiger partial charge in [0.25, 0.3) is 0 Å². The summed E-state index contributed by atoms with van der Waals surface area (Å²) < 4.78 is 7.94. The highest BCUT2D eigenvalue weighted by atomic mass is 16.5. The van der Waals surface area contributed by atoms with Crippen molar-refractivity contribution < 1.29 is 9.53 Å². The predicted octanol–water partition coefficient (Wildman–Crippen LogP) is 1.83. The van der Waals surface area contributed by atoms with Gasteiger partial charge in [0.05, 0.1) is 38.0 Å². The minimum absolute atomic E-state index is 0.271. The molecule has 3 atom stereocenters. The fraction of sp³-hybridized carbons (Fsp3) is 0.789. The van der Waals surface area contributed by atoms with E-state index >= 15 is 0 Å². The molecule has 6 nitrogen and oxygen atoms in total. The van der Waals surface area contributed by atoms with Crippen molar-refractivity contribution in [2.45, 2.75) is 70.2 Å². The van der Waals surface area contributed by atoms with E-state index in [1.165, 1.54) is 24.8 Å². The molecule has 0 bridgehead atoms. The quantitative estimate of drug-likeness (QED) is 0.835. The Hall–Kier alpha value is -1.40. The van der Waals surface area contributed by atoms with E-state index in [0.717, 1.165) is 38.9 Å². The van der Waals surface area contributed by atoms with Crippen LogP contribution in [0.25, 0.3) is 0 Å². The van der Waals surface area contributed by atoms with Crippen molar-refractivity contribution in [2.75, 3.05) is 26.2 Å². The van der Waals surface area contributed by atoms with Crippen LogP contribution in [0.3, 0.4) is 0 Å². The number of morpholine rings is 1. The Kier molecular flexibility index (Phi) is 5.08. The van der Waals surface area contributed by atoms with Crippen LogP contribution < -0.4 is 0 Å². The molecule has 0 spiro atoms. The van der Waals surface area contributed by atoms with Crippen LogP contribution in [0, 0.1) is 6.92 Å². The standard InChI is InChI=1S/C19H30N4O2/c1-15-11-20-22(12-15)13-16-5-4-8-21(16)14-19(24)23-9-10-25-18-7-3-2-6-17(18)23/h11-12,16-18H,2-10,13-14H2,1H3/t16-,17+,18-/m0/s1. The molecule has 25 heavy (non-hydrogen) atoms. The van der Waals surface area contributed by atoms with Crippen molar-refractivity contribution in [1.29, 1.82) is 0 Å². The summed E-state index contributed by atoms with van der Waals surface area (Å²) in [6.07, 6.45) is 11.3. The zero-order valence-corrected chi connectivity index (χ0v) is 15.3. The molecule has 3 heterocycles. The van der Waals surface area contributed by atoms with E-state index in [9.17, 15) is 4.79 Å². The first kappa shape index (κ1) is 17.0. The molecular weight excluding hydrogens is 316 g/mol. The fourth-order valence-electron chi connectivity index (χ4n) is 4.76. The first-order valence-corrected chi connectivity index (χ1v) is 9.85. The Morgan fingerprint density at radius 2 is 2.12 bits per heavy atom. The Bertz CT molecular complexity index is 600. The molecule has 1 aromatic rings. The summed E-state index contributed by atoms with van der Waals surface area (Å²) in [6, 6.07) is 0.733. The fourth-order valence-corrected chi connectivity index (χ4v) is 4.76. The van der Waals surface area contributed by atoms with Gasteiger partial charge in [0.2, 0.25) is 5.91 Å². The smallest absolute Gasteiger partial charge is 0.237 e. The van der Waals surface area contributed by atoms with Crippen molar-refractivity contribution >= 4 is 5.91 Å². The molecule has 3 aliphatic rings. The molecule has 0 aromatic carbocycles. The molecule has 0 radical (unpaired) electrons. The number of aromatic nitrogens is 2. The summed E-state index contributed by atoms with van der Waals surface area (Å²) in [5.74, 6) is 0.295. The van der Waals surface area contributed by atoms with Crippen molar-refractivity contribution in [3.05, 3.63) is 18.0 Å². The van der Waals surface area contributed by atoms with Crippen LogP contribution in [0.15, 0.2) is 12.4 Å². The molecule has 1 aromatic heterocycles. The van der Waals surface area contributed by atoms with Gasteiger partial charge in [-0.05, 0) is 44.7 Å². The van der Waals surface area contributed by atoms with Gasteiger partial charge in [0.1, 0.15) is 0 Å². The number of ether oxygens (including phenoxy) is 1. The van der Waals surface area contributed by atoms with E-state index in [2.05, 4.69) is 28.0 Å². The SMILES string of the molecule is Cc1cnn(C[C@@H]2CCCN2CC(=O)N2CCO[C@H]3CCCC[C@H]32)c1. The second-order valence-electron chi connectivity index (χ2n) is 7.85. The third-order valence-corrected chi connectivity index (χ3v) is 6.05. The number of rotatable bonds is 4. The molecule has 4 rings (SSSR count). The molecule has 1 amide bonds. The summed E-state index contributed by atoms with van der Waals surface area (Å²) in [7, 11) is 0. The van der Waals surface area contributed by atoms with Crippen molar-refractivity contribution in [3.8, 4) is 0 Å². The summed E-state index contributed by atoms with van der Waals surface area (Å²) >= 11 is 0. The van der Waals surface area contributed by atoms with E-state index in [1.807, 2.05) is 10.9 Å². The second-order valence-corrected chi connectivity index (χ2v) is 7.85. The minimum atomic E-state index is 0.271. The summed E-state index contributed by atoms with van der Waals surface area (Å²) in [6.45, 7) is 5.98. The number of carbonyl (C=O) groups is 1. The molecule has 0 unspecified atom stereocenters. The average molecular weight is 346 g/mol. The van der Waals surface area contributed by atoms with Crippen LogP contribution in [0.5, 0.6) is 0 Å². The number of likely N-dealkylation sites (tertiary alicyclic amines) is 1. The lowest BCUT2D eigenvalue weighted by atomic mass is 9.90. The predicted molar refractivity (Wildman–Crippen MR) is 95.3 cm³/mol. The summed E-state index contributed by atoms with van der Waals surface area (Å²) in [5, 5.41) is 4.41. The number of hydrogen-bond acceptors (Lipinski definition) is 4. The first-order chi connectivity index (χ1) is 12.2. The van der Waals surface area contributed by atoms with Crippen LogP contribution in [-0.4, -0.2) is 69.9 Å². The lowest BCUT2D eigenvalue weighted by Gasteiger charge is -2.44. The highest BCUT2D eigenvalue weighted by molar-refractivity contribution is 5.79. The molecule has 3 fully saturated rings. The van der Waals surface area contributed by atoms with Crippen LogP contribution in [0.4, 0.5) is 0 Å². The molecular formula is C19H30N4O2. The largest absolute Gasteiger partial charge is 0.374 e. The van der Waals surface area contributed by atoms with Crippen molar-refractivity contribution in [1.82, 2.24) is 19.6 Å². The maximum absolute atomic E-state index is 13.0. The first-order valence-electron chi connectivity index (χ1n) is 9.85. The Morgan fingerprint density at radius 3 is 2.96 bits per heavy atom. The monoisotopic (exact) mass is 346 g/mol. The number of nitrogens with zero attached hydrogens (tertiary/aromatic N) is 4. The summed E-state index contributed by atoms with van der Waals surface area (Å²) in [5.41, 5.74) is 1.19. The molecule has 1 aliphatic carbocycles. The van der Waals surface area contributed by atoms with Gasteiger partial charge in [-0.15, -0.1) is 0 Å². The Labute approximate surface area is 150 Å². The maximum Gasteiger partial charge on any atom is 0.237 e. The van der Waals surface area contributed by atoms with Gasteiger partial charge < -0.3 is 9.64 Å². The maximum atomic E-state index is 13.0. The Morgan fingerprint density at radius 1 is 1.24 bits per heavy atom. The normalized spacial score (nSPS) is 30.4. The molecule has 2 aliphatic heterocycles. The van der Waals surface area contributed by atoms with Crippen molar-refractivity contribution in [2.24, 2.45) is 0 Å². The van der Waals surface area contributed by atoms with Gasteiger partial charge in [-0.25, -0.2) is 0 Å². The minimum Gasteiger partial charge on any atom is -0.374 e. The van der Waals surface area contributed by atoms with Gasteiger partial charge in [-0.2, -0.15) is 5.10 Å². The number of fused-ring (bicyclic) bond motifs is 1. The number of amides is 1. The summed E-state index contributed by atoms with van der Waals surface area (Å²) in [4.78, 5) is 17.5. The molecule has 138 valence electrons. The average Bonchev–Trinajstić information content (AvgIpc) is 3.23. The van der Waals surface area contributed by atoms with E-state index < -0.39 is 0 Å². The van der Waals surface area contributed by atoms with E-state index in [0.29, 0.717) is 31.1 Å². The molecule has 6 heteroatoms.